The highest BCUT2D eigenvalue weighted by Gasteiger charge is 2.34. The fourth-order valence-corrected chi connectivity index (χ4v) is 3.20. The molecule has 0 radical (unpaired) electrons. The number of carboxylic acids is 1. The van der Waals surface area contributed by atoms with E-state index >= 15 is 0 Å². The fraction of sp³-hybridized carbons (Fsp3) is 0.300. The molecule has 2 N–H and O–H groups in total. The Morgan fingerprint density at radius 3 is 2.36 bits per heavy atom. The number of benzene rings is 1. The summed E-state index contributed by atoms with van der Waals surface area (Å²) in [6.45, 7) is 2.28. The SMILES string of the molecule is Cc1coc(CC(=O)O)c1C(=O)NCCCCN1C(=O)c2ccccc2C1=O. The van der Waals surface area contributed by atoms with E-state index in [-0.39, 0.29) is 36.1 Å². The molecule has 1 aliphatic heterocycles. The minimum Gasteiger partial charge on any atom is -0.481 e. The Morgan fingerprint density at radius 2 is 1.75 bits per heavy atom. The van der Waals surface area contributed by atoms with Crippen molar-refractivity contribution in [1.29, 1.82) is 0 Å². The largest absolute Gasteiger partial charge is 0.481 e. The number of unbranched alkanes of at least 4 members (excludes halogenated alkanes) is 1. The molecule has 0 unspecified atom stereocenters. The second-order valence-corrected chi connectivity index (χ2v) is 6.56. The second-order valence-electron chi connectivity index (χ2n) is 6.56. The number of aliphatic carboxylic acids is 1. The van der Waals surface area contributed by atoms with Gasteiger partial charge in [0.15, 0.2) is 0 Å². The third kappa shape index (κ3) is 3.80. The van der Waals surface area contributed by atoms with Crippen LogP contribution in [0.2, 0.25) is 0 Å². The number of fused-ring (bicyclic) bond motifs is 1. The van der Waals surface area contributed by atoms with Gasteiger partial charge in [-0.15, -0.1) is 0 Å². The molecule has 1 aromatic carbocycles. The Kier molecular flexibility index (Phi) is 5.58. The highest BCUT2D eigenvalue weighted by atomic mass is 16.4. The minimum absolute atomic E-state index is 0.119. The summed E-state index contributed by atoms with van der Waals surface area (Å²) in [4.78, 5) is 48.9. The molecule has 28 heavy (non-hydrogen) atoms. The van der Waals surface area contributed by atoms with Crippen molar-refractivity contribution < 1.29 is 28.7 Å². The summed E-state index contributed by atoms with van der Waals surface area (Å²) in [7, 11) is 0. The first-order chi connectivity index (χ1) is 13.4. The minimum atomic E-state index is -1.08. The van der Waals surface area contributed by atoms with Crippen LogP contribution < -0.4 is 5.32 Å². The van der Waals surface area contributed by atoms with Crippen molar-refractivity contribution in [2.45, 2.75) is 26.2 Å². The number of aryl methyl sites for hydroxylation is 1. The van der Waals surface area contributed by atoms with E-state index in [1.165, 1.54) is 11.2 Å². The predicted octanol–water partition coefficient (Wildman–Crippen LogP) is 2.02. The standard InChI is InChI=1S/C20H20N2O6/c1-12-11-28-15(10-16(23)24)17(12)18(25)21-8-4-5-9-22-19(26)13-6-2-3-7-14(13)20(22)27/h2-3,6-7,11H,4-5,8-10H2,1H3,(H,21,25)(H,23,24). The normalized spacial score (nSPS) is 13.0. The van der Waals surface area contributed by atoms with Gasteiger partial charge in [-0.1, -0.05) is 12.1 Å². The van der Waals surface area contributed by atoms with Crippen molar-refractivity contribution in [1.82, 2.24) is 10.2 Å². The van der Waals surface area contributed by atoms with Crippen LogP contribution in [-0.2, 0) is 11.2 Å². The van der Waals surface area contributed by atoms with E-state index in [1.54, 1.807) is 31.2 Å². The van der Waals surface area contributed by atoms with Crippen LogP contribution in [0.4, 0.5) is 0 Å². The molecule has 3 amide bonds. The number of rotatable bonds is 8. The molecule has 146 valence electrons. The van der Waals surface area contributed by atoms with Crippen LogP contribution in [0.25, 0.3) is 0 Å². The molecule has 1 aromatic heterocycles. The van der Waals surface area contributed by atoms with E-state index in [4.69, 9.17) is 9.52 Å². The van der Waals surface area contributed by atoms with Crippen molar-refractivity contribution in [3.8, 4) is 0 Å². The monoisotopic (exact) mass is 384 g/mol. The maximum Gasteiger partial charge on any atom is 0.311 e. The van der Waals surface area contributed by atoms with Crippen LogP contribution in [0.5, 0.6) is 0 Å². The maximum atomic E-state index is 12.3. The summed E-state index contributed by atoms with van der Waals surface area (Å²) in [5.74, 6) is -1.95. The lowest BCUT2D eigenvalue weighted by Crippen LogP contribution is -2.31. The highest BCUT2D eigenvalue weighted by Crippen LogP contribution is 2.22. The summed E-state index contributed by atoms with van der Waals surface area (Å²) in [5.41, 5.74) is 1.65. The van der Waals surface area contributed by atoms with Crippen molar-refractivity contribution in [2.24, 2.45) is 0 Å². The summed E-state index contributed by atoms with van der Waals surface area (Å²) in [5, 5.41) is 11.6. The molecule has 0 spiro atoms. The first kappa shape index (κ1) is 19.3. The molecule has 1 aliphatic rings. The Balaban J connectivity index is 1.48. The van der Waals surface area contributed by atoms with Crippen LogP contribution in [0.1, 0.15) is 55.2 Å². The summed E-state index contributed by atoms with van der Waals surface area (Å²) < 4.78 is 5.15. The van der Waals surface area contributed by atoms with Gasteiger partial charge in [0.2, 0.25) is 0 Å². The average molecular weight is 384 g/mol. The first-order valence-corrected chi connectivity index (χ1v) is 8.92. The van der Waals surface area contributed by atoms with Crippen molar-refractivity contribution in [3.63, 3.8) is 0 Å². The number of imide groups is 1. The fourth-order valence-electron chi connectivity index (χ4n) is 3.20. The molecule has 8 heteroatoms. The van der Waals surface area contributed by atoms with Gasteiger partial charge >= 0.3 is 5.97 Å². The molecular weight excluding hydrogens is 364 g/mol. The van der Waals surface area contributed by atoms with Gasteiger partial charge in [-0.25, -0.2) is 0 Å². The highest BCUT2D eigenvalue weighted by molar-refractivity contribution is 6.21. The van der Waals surface area contributed by atoms with Crippen LogP contribution in [0.3, 0.4) is 0 Å². The van der Waals surface area contributed by atoms with Crippen molar-refractivity contribution in [3.05, 3.63) is 58.5 Å². The number of hydrogen-bond acceptors (Lipinski definition) is 5. The van der Waals surface area contributed by atoms with Gasteiger partial charge in [0, 0.05) is 18.7 Å². The second kappa shape index (κ2) is 8.08. The van der Waals surface area contributed by atoms with Gasteiger partial charge < -0.3 is 14.8 Å². The van der Waals surface area contributed by atoms with Crippen molar-refractivity contribution >= 4 is 23.7 Å². The average Bonchev–Trinajstić information content (AvgIpc) is 3.13. The smallest absolute Gasteiger partial charge is 0.311 e. The molecule has 0 atom stereocenters. The van der Waals surface area contributed by atoms with Gasteiger partial charge in [0.25, 0.3) is 17.7 Å². The van der Waals surface area contributed by atoms with Gasteiger partial charge in [0.05, 0.1) is 23.0 Å². The summed E-state index contributed by atoms with van der Waals surface area (Å²) in [6.07, 6.45) is 2.09. The molecule has 2 heterocycles. The number of carbonyl (C=O) groups is 4. The van der Waals surface area contributed by atoms with Crippen LogP contribution >= 0.6 is 0 Å². The molecule has 0 saturated heterocycles. The summed E-state index contributed by atoms with van der Waals surface area (Å²) in [6, 6.07) is 6.72. The predicted molar refractivity (Wildman–Crippen MR) is 98.2 cm³/mol. The number of furan rings is 1. The molecule has 3 rings (SSSR count). The third-order valence-corrected chi connectivity index (χ3v) is 4.56. The number of hydrogen-bond donors (Lipinski definition) is 2. The van der Waals surface area contributed by atoms with E-state index in [9.17, 15) is 19.2 Å². The van der Waals surface area contributed by atoms with Crippen molar-refractivity contribution in [2.75, 3.05) is 13.1 Å². The van der Waals surface area contributed by atoms with E-state index in [2.05, 4.69) is 5.32 Å². The van der Waals surface area contributed by atoms with Gasteiger partial charge in [0.1, 0.15) is 12.2 Å². The number of carbonyl (C=O) groups excluding carboxylic acids is 3. The first-order valence-electron chi connectivity index (χ1n) is 8.92. The zero-order valence-corrected chi connectivity index (χ0v) is 15.4. The van der Waals surface area contributed by atoms with Gasteiger partial charge in [-0.3, -0.25) is 24.1 Å². The molecule has 0 bridgehead atoms. The van der Waals surface area contributed by atoms with Crippen LogP contribution in [-0.4, -0.2) is 46.8 Å². The van der Waals surface area contributed by atoms with E-state index in [0.29, 0.717) is 36.1 Å². The van der Waals surface area contributed by atoms with E-state index in [0.717, 1.165) is 0 Å². The zero-order chi connectivity index (χ0) is 20.3. The lowest BCUT2D eigenvalue weighted by Gasteiger charge is -2.13. The third-order valence-electron chi connectivity index (χ3n) is 4.56. The Bertz CT molecular complexity index is 911. The Morgan fingerprint density at radius 1 is 1.11 bits per heavy atom. The zero-order valence-electron chi connectivity index (χ0n) is 15.4. The van der Waals surface area contributed by atoms with Gasteiger partial charge in [-0.2, -0.15) is 0 Å². The van der Waals surface area contributed by atoms with Crippen LogP contribution in [0.15, 0.2) is 34.9 Å². The number of nitrogens with one attached hydrogen (secondary N) is 1. The maximum absolute atomic E-state index is 12.3. The summed E-state index contributed by atoms with van der Waals surface area (Å²) >= 11 is 0. The number of nitrogens with zero attached hydrogens (tertiary/aromatic N) is 1. The Labute approximate surface area is 161 Å². The number of carboxylic acid groups (broad SMARTS) is 1. The van der Waals surface area contributed by atoms with Gasteiger partial charge in [-0.05, 0) is 31.9 Å². The molecule has 8 nitrogen and oxygen atoms in total. The number of amides is 3. The molecule has 0 fully saturated rings. The molecule has 0 aliphatic carbocycles. The quantitative estimate of drug-likeness (QED) is 0.531. The van der Waals surface area contributed by atoms with Crippen LogP contribution in [0, 0.1) is 6.92 Å². The molecular formula is C20H20N2O6. The lowest BCUT2D eigenvalue weighted by molar-refractivity contribution is -0.136. The van der Waals surface area contributed by atoms with E-state index < -0.39 is 11.9 Å². The lowest BCUT2D eigenvalue weighted by atomic mass is 10.1. The Hall–Kier alpha value is -3.42. The topological polar surface area (TPSA) is 117 Å². The molecule has 2 aromatic rings. The molecule has 0 saturated carbocycles. The van der Waals surface area contributed by atoms with E-state index in [1.807, 2.05) is 0 Å².